The number of benzene rings is 1. The van der Waals surface area contributed by atoms with Crippen molar-refractivity contribution in [3.63, 3.8) is 0 Å². The van der Waals surface area contributed by atoms with Crippen molar-refractivity contribution in [2.75, 3.05) is 6.61 Å². The van der Waals surface area contributed by atoms with Crippen LogP contribution in [0.3, 0.4) is 0 Å². The summed E-state index contributed by atoms with van der Waals surface area (Å²) in [5.41, 5.74) is 1.18. The first-order valence-electron chi connectivity index (χ1n) is 6.06. The zero-order valence-electron chi connectivity index (χ0n) is 10.9. The van der Waals surface area contributed by atoms with Crippen LogP contribution in [0.2, 0.25) is 0 Å². The second-order valence-electron chi connectivity index (χ2n) is 4.11. The van der Waals surface area contributed by atoms with E-state index < -0.39 is 0 Å². The number of rotatable bonds is 3. The minimum Gasteiger partial charge on any atom is -0.384 e. The Morgan fingerprint density at radius 2 is 2.40 bits per heavy atom. The smallest absolute Gasteiger partial charge is 0.251 e. The van der Waals surface area contributed by atoms with Crippen molar-refractivity contribution < 1.29 is 9.90 Å². The van der Waals surface area contributed by atoms with E-state index in [1.807, 2.05) is 6.92 Å². The highest BCUT2D eigenvalue weighted by atomic mass is 16.2. The van der Waals surface area contributed by atoms with E-state index in [-0.39, 0.29) is 18.6 Å². The Morgan fingerprint density at radius 3 is 3.10 bits per heavy atom. The third-order valence-electron chi connectivity index (χ3n) is 2.63. The summed E-state index contributed by atoms with van der Waals surface area (Å²) in [6.07, 6.45) is 1.39. The molecule has 0 radical (unpaired) electrons. The average Bonchev–Trinajstić information content (AvgIpc) is 2.99. The van der Waals surface area contributed by atoms with E-state index in [2.05, 4.69) is 32.3 Å². The van der Waals surface area contributed by atoms with Crippen LogP contribution in [0.15, 0.2) is 30.6 Å². The van der Waals surface area contributed by atoms with Gasteiger partial charge in [0, 0.05) is 11.1 Å². The zero-order chi connectivity index (χ0) is 14.4. The predicted molar refractivity (Wildman–Crippen MR) is 72.7 cm³/mol. The third kappa shape index (κ3) is 3.43. The lowest BCUT2D eigenvalue weighted by Gasteiger charge is -2.11. The molecule has 1 amide bonds. The molecule has 0 aliphatic heterocycles. The minimum absolute atomic E-state index is 0.209. The number of hydrogen-bond acceptors (Lipinski definition) is 4. The van der Waals surface area contributed by atoms with E-state index >= 15 is 0 Å². The van der Waals surface area contributed by atoms with Crippen molar-refractivity contribution in [1.82, 2.24) is 20.5 Å². The predicted octanol–water partition coefficient (Wildman–Crippen LogP) is 0.639. The number of aliphatic hydroxyl groups excluding tert-OH is 1. The molecule has 20 heavy (non-hydrogen) atoms. The van der Waals surface area contributed by atoms with E-state index in [9.17, 15) is 4.79 Å². The monoisotopic (exact) mass is 270 g/mol. The van der Waals surface area contributed by atoms with Gasteiger partial charge in [0.1, 0.15) is 18.8 Å². The molecule has 102 valence electrons. The van der Waals surface area contributed by atoms with Crippen molar-refractivity contribution in [1.29, 1.82) is 0 Å². The van der Waals surface area contributed by atoms with Crippen molar-refractivity contribution in [2.45, 2.75) is 13.0 Å². The fraction of sp³-hybridized carbons (Fsp3) is 0.214. The first-order valence-corrected chi connectivity index (χ1v) is 6.06. The SMILES string of the molecule is CC(NC(=O)c1cccc(C#CCO)c1)c1ncn[nH]1. The minimum atomic E-state index is -0.266. The lowest BCUT2D eigenvalue weighted by atomic mass is 10.1. The van der Waals surface area contributed by atoms with Gasteiger partial charge in [0.15, 0.2) is 0 Å². The number of hydrogen-bond donors (Lipinski definition) is 3. The highest BCUT2D eigenvalue weighted by Crippen LogP contribution is 2.08. The Morgan fingerprint density at radius 1 is 1.55 bits per heavy atom. The molecule has 1 atom stereocenters. The number of nitrogens with zero attached hydrogens (tertiary/aromatic N) is 2. The van der Waals surface area contributed by atoms with Gasteiger partial charge in [0.2, 0.25) is 0 Å². The second-order valence-corrected chi connectivity index (χ2v) is 4.11. The molecule has 1 aromatic carbocycles. The van der Waals surface area contributed by atoms with Crippen LogP contribution in [0.25, 0.3) is 0 Å². The maximum Gasteiger partial charge on any atom is 0.251 e. The summed E-state index contributed by atoms with van der Waals surface area (Å²) in [6, 6.07) is 6.63. The van der Waals surface area contributed by atoms with E-state index in [4.69, 9.17) is 5.11 Å². The number of aliphatic hydroxyl groups is 1. The Kier molecular flexibility index (Phi) is 4.47. The normalized spacial score (nSPS) is 11.3. The van der Waals surface area contributed by atoms with Gasteiger partial charge in [-0.05, 0) is 25.1 Å². The summed E-state index contributed by atoms with van der Waals surface area (Å²) in [5.74, 6) is 5.68. The van der Waals surface area contributed by atoms with Gasteiger partial charge in [-0.15, -0.1) is 0 Å². The quantitative estimate of drug-likeness (QED) is 0.714. The fourth-order valence-electron chi connectivity index (χ4n) is 1.65. The molecule has 0 aliphatic carbocycles. The highest BCUT2D eigenvalue weighted by Gasteiger charge is 2.13. The van der Waals surface area contributed by atoms with Gasteiger partial charge in [-0.25, -0.2) is 4.98 Å². The molecule has 0 saturated heterocycles. The second kappa shape index (κ2) is 6.50. The highest BCUT2D eigenvalue weighted by molar-refractivity contribution is 5.94. The van der Waals surface area contributed by atoms with Gasteiger partial charge in [0.25, 0.3) is 5.91 Å². The molecule has 0 saturated carbocycles. The summed E-state index contributed by atoms with van der Waals surface area (Å²) in [5, 5.41) is 17.9. The molecule has 0 bridgehead atoms. The van der Waals surface area contributed by atoms with Crippen LogP contribution in [0.1, 0.15) is 34.7 Å². The summed E-state index contributed by atoms with van der Waals surface area (Å²) in [7, 11) is 0. The molecule has 2 aromatic rings. The summed E-state index contributed by atoms with van der Waals surface area (Å²) in [4.78, 5) is 16.1. The van der Waals surface area contributed by atoms with Crippen molar-refractivity contribution >= 4 is 5.91 Å². The molecule has 1 aromatic heterocycles. The summed E-state index contributed by atoms with van der Waals surface area (Å²) in [6.45, 7) is 1.60. The number of carbonyl (C=O) groups is 1. The van der Waals surface area contributed by atoms with Crippen LogP contribution in [-0.4, -0.2) is 32.8 Å². The van der Waals surface area contributed by atoms with Crippen LogP contribution in [-0.2, 0) is 0 Å². The van der Waals surface area contributed by atoms with Gasteiger partial charge in [-0.1, -0.05) is 17.9 Å². The Hall–Kier alpha value is -2.65. The molecule has 6 nitrogen and oxygen atoms in total. The molecule has 1 heterocycles. The number of carbonyl (C=O) groups excluding carboxylic acids is 1. The maximum absolute atomic E-state index is 12.1. The molecule has 0 spiro atoms. The molecular weight excluding hydrogens is 256 g/mol. The van der Waals surface area contributed by atoms with Gasteiger partial charge in [-0.3, -0.25) is 9.89 Å². The first-order chi connectivity index (χ1) is 9.70. The molecule has 6 heteroatoms. The van der Waals surface area contributed by atoms with Crippen LogP contribution in [0.5, 0.6) is 0 Å². The van der Waals surface area contributed by atoms with Crippen LogP contribution in [0.4, 0.5) is 0 Å². The number of amides is 1. The van der Waals surface area contributed by atoms with E-state index in [1.165, 1.54) is 6.33 Å². The standard InChI is InChI=1S/C14H14N4O2/c1-10(13-15-9-16-18-13)17-14(20)12-6-2-4-11(8-12)5-3-7-19/h2,4,6,8-10,19H,7H2,1H3,(H,17,20)(H,15,16,18). The number of H-pyrrole nitrogens is 1. The maximum atomic E-state index is 12.1. The fourth-order valence-corrected chi connectivity index (χ4v) is 1.65. The largest absolute Gasteiger partial charge is 0.384 e. The average molecular weight is 270 g/mol. The van der Waals surface area contributed by atoms with E-state index in [0.717, 1.165) is 0 Å². The van der Waals surface area contributed by atoms with Crippen molar-refractivity contribution in [3.8, 4) is 11.8 Å². The van der Waals surface area contributed by atoms with E-state index in [0.29, 0.717) is 17.0 Å². The Bertz CT molecular complexity index is 641. The van der Waals surface area contributed by atoms with Gasteiger partial charge in [0.05, 0.1) is 6.04 Å². The Labute approximate surface area is 116 Å². The molecule has 2 rings (SSSR count). The van der Waals surface area contributed by atoms with Gasteiger partial charge < -0.3 is 10.4 Å². The number of nitrogens with one attached hydrogen (secondary N) is 2. The zero-order valence-corrected chi connectivity index (χ0v) is 10.9. The lowest BCUT2D eigenvalue weighted by molar-refractivity contribution is 0.0938. The van der Waals surface area contributed by atoms with Crippen LogP contribution >= 0.6 is 0 Å². The summed E-state index contributed by atoms with van der Waals surface area (Å²) < 4.78 is 0. The summed E-state index contributed by atoms with van der Waals surface area (Å²) >= 11 is 0. The topological polar surface area (TPSA) is 90.9 Å². The van der Waals surface area contributed by atoms with Crippen molar-refractivity contribution in [3.05, 3.63) is 47.5 Å². The molecule has 1 unspecified atom stereocenters. The van der Waals surface area contributed by atoms with Crippen LogP contribution < -0.4 is 5.32 Å². The van der Waals surface area contributed by atoms with Crippen LogP contribution in [0, 0.1) is 11.8 Å². The molecule has 0 aliphatic rings. The number of aromatic nitrogens is 3. The molecular formula is C14H14N4O2. The third-order valence-corrected chi connectivity index (χ3v) is 2.63. The molecule has 3 N–H and O–H groups in total. The van der Waals surface area contributed by atoms with Gasteiger partial charge >= 0.3 is 0 Å². The lowest BCUT2D eigenvalue weighted by Crippen LogP contribution is -2.27. The van der Waals surface area contributed by atoms with Gasteiger partial charge in [-0.2, -0.15) is 5.10 Å². The molecule has 0 fully saturated rings. The van der Waals surface area contributed by atoms with E-state index in [1.54, 1.807) is 24.3 Å². The van der Waals surface area contributed by atoms with Crippen molar-refractivity contribution in [2.24, 2.45) is 0 Å². The Balaban J connectivity index is 2.09. The number of aromatic amines is 1. The first kappa shape index (κ1) is 13.8.